The van der Waals surface area contributed by atoms with E-state index in [1.54, 1.807) is 6.20 Å². The summed E-state index contributed by atoms with van der Waals surface area (Å²) in [6, 6.07) is 3.75. The predicted octanol–water partition coefficient (Wildman–Crippen LogP) is 0.261. The molecule has 0 aliphatic carbocycles. The van der Waals surface area contributed by atoms with Crippen LogP contribution in [0.3, 0.4) is 0 Å². The van der Waals surface area contributed by atoms with Crippen molar-refractivity contribution in [3.8, 4) is 0 Å². The van der Waals surface area contributed by atoms with Crippen molar-refractivity contribution in [2.75, 3.05) is 25.0 Å². The molecule has 0 fully saturated rings. The van der Waals surface area contributed by atoms with Crippen molar-refractivity contribution in [3.05, 3.63) is 24.0 Å². The highest BCUT2D eigenvalue weighted by atomic mass is 16.1. The number of fused-ring (bicyclic) bond motifs is 1. The molecule has 0 unspecified atom stereocenters. The van der Waals surface area contributed by atoms with Gasteiger partial charge in [0.2, 0.25) is 0 Å². The second kappa shape index (κ2) is 3.05. The molecule has 68 valence electrons. The van der Waals surface area contributed by atoms with E-state index in [9.17, 15) is 4.79 Å². The number of likely N-dealkylation sites (N-methyl/N-ethyl adjacent to an activating group) is 1. The average molecular weight is 177 g/mol. The van der Waals surface area contributed by atoms with Crippen LogP contribution in [0.25, 0.3) is 0 Å². The lowest BCUT2D eigenvalue weighted by atomic mass is 10.2. The molecular weight excluding hydrogens is 166 g/mol. The zero-order valence-electron chi connectivity index (χ0n) is 7.45. The lowest BCUT2D eigenvalue weighted by Crippen LogP contribution is -2.27. The molecule has 4 nitrogen and oxygen atoms in total. The number of pyridine rings is 1. The van der Waals surface area contributed by atoms with E-state index >= 15 is 0 Å². The van der Waals surface area contributed by atoms with E-state index in [2.05, 4.69) is 10.3 Å². The van der Waals surface area contributed by atoms with Crippen LogP contribution in [-0.4, -0.2) is 31.0 Å². The summed E-state index contributed by atoms with van der Waals surface area (Å²) in [7, 11) is 1.96. The first-order valence-electron chi connectivity index (χ1n) is 4.23. The van der Waals surface area contributed by atoms with Gasteiger partial charge in [0, 0.05) is 26.3 Å². The van der Waals surface area contributed by atoms with E-state index in [0.29, 0.717) is 12.2 Å². The van der Waals surface area contributed by atoms with Gasteiger partial charge in [0.1, 0.15) is 0 Å². The largest absolute Gasteiger partial charge is 0.371 e. The van der Waals surface area contributed by atoms with Gasteiger partial charge < -0.3 is 10.2 Å². The number of amides is 1. The summed E-state index contributed by atoms with van der Waals surface area (Å²) in [4.78, 5) is 17.5. The summed E-state index contributed by atoms with van der Waals surface area (Å²) < 4.78 is 0. The molecule has 0 saturated heterocycles. The molecule has 0 radical (unpaired) electrons. The van der Waals surface area contributed by atoms with Crippen LogP contribution in [0.15, 0.2) is 18.3 Å². The van der Waals surface area contributed by atoms with Crippen LogP contribution in [-0.2, 0) is 0 Å². The number of nitrogens with one attached hydrogen (secondary N) is 1. The molecule has 0 aromatic carbocycles. The van der Waals surface area contributed by atoms with Crippen molar-refractivity contribution in [2.24, 2.45) is 0 Å². The average Bonchev–Trinajstić information content (AvgIpc) is 2.29. The van der Waals surface area contributed by atoms with Gasteiger partial charge in [-0.1, -0.05) is 0 Å². The minimum Gasteiger partial charge on any atom is -0.371 e. The van der Waals surface area contributed by atoms with Crippen molar-refractivity contribution in [1.29, 1.82) is 0 Å². The molecule has 13 heavy (non-hydrogen) atoms. The topological polar surface area (TPSA) is 45.2 Å². The Bertz CT molecular complexity index is 337. The van der Waals surface area contributed by atoms with E-state index in [-0.39, 0.29) is 5.91 Å². The van der Waals surface area contributed by atoms with Crippen LogP contribution < -0.4 is 10.2 Å². The van der Waals surface area contributed by atoms with Crippen molar-refractivity contribution in [1.82, 2.24) is 10.3 Å². The summed E-state index contributed by atoms with van der Waals surface area (Å²) >= 11 is 0. The van der Waals surface area contributed by atoms with Gasteiger partial charge in [0.25, 0.3) is 5.91 Å². The van der Waals surface area contributed by atoms with Crippen molar-refractivity contribution >= 4 is 11.6 Å². The maximum Gasteiger partial charge on any atom is 0.272 e. The molecule has 0 spiro atoms. The first-order valence-corrected chi connectivity index (χ1v) is 4.23. The minimum atomic E-state index is -0.0834. The molecule has 2 heterocycles. The van der Waals surface area contributed by atoms with Gasteiger partial charge >= 0.3 is 0 Å². The number of carbonyl (C=O) groups excluding carboxylic acids is 1. The number of aromatic nitrogens is 1. The number of anilines is 1. The molecule has 0 bridgehead atoms. The van der Waals surface area contributed by atoms with Gasteiger partial charge in [-0.3, -0.25) is 4.79 Å². The Labute approximate surface area is 76.6 Å². The highest BCUT2D eigenvalue weighted by Crippen LogP contribution is 2.17. The second-order valence-corrected chi connectivity index (χ2v) is 3.05. The van der Waals surface area contributed by atoms with Gasteiger partial charge in [-0.05, 0) is 12.1 Å². The Morgan fingerprint density at radius 3 is 3.31 bits per heavy atom. The first kappa shape index (κ1) is 8.04. The maximum absolute atomic E-state index is 11.5. The first-order chi connectivity index (χ1) is 6.29. The van der Waals surface area contributed by atoms with Crippen molar-refractivity contribution in [3.63, 3.8) is 0 Å². The van der Waals surface area contributed by atoms with E-state index in [4.69, 9.17) is 0 Å². The van der Waals surface area contributed by atoms with Gasteiger partial charge in [-0.2, -0.15) is 0 Å². The third-order valence-electron chi connectivity index (χ3n) is 2.15. The standard InChI is InChI=1S/C9H11N3O/c1-12-6-5-11-9(13)8-7(12)3-2-4-10-8/h2-4H,5-6H2,1H3,(H,11,13). The van der Waals surface area contributed by atoms with Crippen molar-refractivity contribution < 1.29 is 4.79 Å². The summed E-state index contributed by atoms with van der Waals surface area (Å²) in [5, 5.41) is 2.79. The summed E-state index contributed by atoms with van der Waals surface area (Å²) in [5.74, 6) is -0.0834. The number of rotatable bonds is 0. The normalized spacial score (nSPS) is 16.1. The fourth-order valence-corrected chi connectivity index (χ4v) is 1.42. The van der Waals surface area contributed by atoms with Crippen LogP contribution in [0.1, 0.15) is 10.5 Å². The molecule has 0 atom stereocenters. The van der Waals surface area contributed by atoms with Gasteiger partial charge in [0.15, 0.2) is 5.69 Å². The lowest BCUT2D eigenvalue weighted by molar-refractivity contribution is 0.0953. The molecule has 1 N–H and O–H groups in total. The number of hydrogen-bond acceptors (Lipinski definition) is 3. The monoisotopic (exact) mass is 177 g/mol. The number of hydrogen-bond donors (Lipinski definition) is 1. The van der Waals surface area contributed by atoms with Crippen LogP contribution in [0, 0.1) is 0 Å². The molecule has 1 amide bonds. The van der Waals surface area contributed by atoms with Crippen LogP contribution in [0.2, 0.25) is 0 Å². The minimum absolute atomic E-state index is 0.0834. The fraction of sp³-hybridized carbons (Fsp3) is 0.333. The zero-order valence-corrected chi connectivity index (χ0v) is 7.45. The zero-order chi connectivity index (χ0) is 9.26. The van der Waals surface area contributed by atoms with E-state index < -0.39 is 0 Å². The van der Waals surface area contributed by atoms with E-state index in [1.807, 2.05) is 24.1 Å². The van der Waals surface area contributed by atoms with E-state index in [0.717, 1.165) is 12.2 Å². The molecule has 0 saturated carbocycles. The Morgan fingerprint density at radius 1 is 1.62 bits per heavy atom. The molecular formula is C9H11N3O. The van der Waals surface area contributed by atoms with E-state index in [1.165, 1.54) is 0 Å². The third kappa shape index (κ3) is 1.35. The molecule has 1 aliphatic heterocycles. The summed E-state index contributed by atoms with van der Waals surface area (Å²) in [6.07, 6.45) is 1.64. The van der Waals surface area contributed by atoms with Gasteiger partial charge in [-0.25, -0.2) is 4.98 Å². The quantitative estimate of drug-likeness (QED) is 0.618. The molecule has 1 aliphatic rings. The smallest absolute Gasteiger partial charge is 0.272 e. The number of carbonyl (C=O) groups is 1. The summed E-state index contributed by atoms with van der Waals surface area (Å²) in [5.41, 5.74) is 1.42. The van der Waals surface area contributed by atoms with Crippen LogP contribution in [0.5, 0.6) is 0 Å². The molecule has 4 heteroatoms. The predicted molar refractivity (Wildman–Crippen MR) is 49.8 cm³/mol. The Balaban J connectivity index is 2.51. The Hall–Kier alpha value is -1.58. The SMILES string of the molecule is CN1CCNC(=O)c2ncccc21. The molecule has 1 aromatic rings. The fourth-order valence-electron chi connectivity index (χ4n) is 1.42. The second-order valence-electron chi connectivity index (χ2n) is 3.05. The van der Waals surface area contributed by atoms with Crippen LogP contribution >= 0.6 is 0 Å². The Morgan fingerprint density at radius 2 is 2.46 bits per heavy atom. The highest BCUT2D eigenvalue weighted by molar-refractivity contribution is 5.98. The molecule has 1 aromatic heterocycles. The number of nitrogens with zero attached hydrogens (tertiary/aromatic N) is 2. The third-order valence-corrected chi connectivity index (χ3v) is 2.15. The van der Waals surface area contributed by atoms with Gasteiger partial charge in [-0.15, -0.1) is 0 Å². The van der Waals surface area contributed by atoms with Crippen molar-refractivity contribution in [2.45, 2.75) is 0 Å². The lowest BCUT2D eigenvalue weighted by Gasteiger charge is -2.16. The van der Waals surface area contributed by atoms with Crippen LogP contribution in [0.4, 0.5) is 5.69 Å². The molecule has 2 rings (SSSR count). The Kier molecular flexibility index (Phi) is 1.88. The maximum atomic E-state index is 11.5. The summed E-state index contributed by atoms with van der Waals surface area (Å²) in [6.45, 7) is 1.50. The van der Waals surface area contributed by atoms with Gasteiger partial charge in [0.05, 0.1) is 5.69 Å². The highest BCUT2D eigenvalue weighted by Gasteiger charge is 2.18.